The second kappa shape index (κ2) is 13.0. The Morgan fingerprint density at radius 1 is 0.694 bits per heavy atom. The molecular weight excluding hydrogens is 465 g/mol. The molecule has 7 heteroatoms. The van der Waals surface area contributed by atoms with Crippen molar-refractivity contribution < 1.29 is 23.0 Å². The lowest BCUT2D eigenvalue weighted by molar-refractivity contribution is 0.0483. The van der Waals surface area contributed by atoms with Crippen LogP contribution < -0.4 is 5.32 Å². The zero-order chi connectivity index (χ0) is 25.3. The topological polar surface area (TPSA) is 44.7 Å². The molecule has 0 amide bonds. The van der Waals surface area contributed by atoms with Crippen LogP contribution in [0.2, 0.25) is 0 Å². The number of ether oxygens (including phenoxy) is 1. The molecule has 0 aliphatic carbocycles. The van der Waals surface area contributed by atoms with E-state index in [1.54, 1.807) is 36.4 Å². The summed E-state index contributed by atoms with van der Waals surface area (Å²) in [6.07, 6.45) is 0.955. The van der Waals surface area contributed by atoms with E-state index in [2.05, 4.69) is 10.2 Å². The van der Waals surface area contributed by atoms with Crippen molar-refractivity contribution in [2.75, 3.05) is 32.8 Å². The van der Waals surface area contributed by atoms with Gasteiger partial charge in [-0.2, -0.15) is 0 Å². The van der Waals surface area contributed by atoms with E-state index < -0.39 is 12.2 Å². The van der Waals surface area contributed by atoms with Crippen molar-refractivity contribution in [2.24, 2.45) is 0 Å². The average Bonchev–Trinajstić information content (AvgIpc) is 2.90. The van der Waals surface area contributed by atoms with Gasteiger partial charge in [-0.25, -0.2) is 13.2 Å². The van der Waals surface area contributed by atoms with Crippen molar-refractivity contribution in [1.29, 1.82) is 0 Å². The minimum absolute atomic E-state index is 0.198. The van der Waals surface area contributed by atoms with Gasteiger partial charge >= 0.3 is 0 Å². The lowest BCUT2D eigenvalue weighted by Gasteiger charge is -2.35. The Morgan fingerprint density at radius 3 is 1.67 bits per heavy atom. The standard InChI is InChI=1S/C29H33F3N2O2/c30-24-7-1-21(2-8-24)28(35)14-13-27(34-18-16-33-17-19-34)15-20-36-29(22-3-9-25(31)10-4-22)23-5-11-26(32)12-6-23/h1-12,27-29,33,35H,13-20H2. The second-order valence-corrected chi connectivity index (χ2v) is 9.23. The number of halogens is 3. The van der Waals surface area contributed by atoms with Crippen molar-refractivity contribution in [3.8, 4) is 0 Å². The van der Waals surface area contributed by atoms with Crippen molar-refractivity contribution in [1.82, 2.24) is 10.2 Å². The summed E-state index contributed by atoms with van der Waals surface area (Å²) in [5.74, 6) is -0.969. The summed E-state index contributed by atoms with van der Waals surface area (Å²) in [4.78, 5) is 2.42. The summed E-state index contributed by atoms with van der Waals surface area (Å²) in [7, 11) is 0. The highest BCUT2D eigenvalue weighted by molar-refractivity contribution is 5.30. The molecule has 2 unspecified atom stereocenters. The molecule has 0 aromatic heterocycles. The molecule has 2 N–H and O–H groups in total. The first-order chi connectivity index (χ1) is 17.5. The lowest BCUT2D eigenvalue weighted by atomic mass is 9.98. The highest BCUT2D eigenvalue weighted by Gasteiger charge is 2.23. The fourth-order valence-corrected chi connectivity index (χ4v) is 4.74. The maximum atomic E-state index is 13.5. The van der Waals surface area contributed by atoms with Crippen LogP contribution in [0.1, 0.15) is 48.2 Å². The van der Waals surface area contributed by atoms with Gasteiger partial charge < -0.3 is 15.2 Å². The molecule has 4 rings (SSSR count). The van der Waals surface area contributed by atoms with Gasteiger partial charge in [0, 0.05) is 38.8 Å². The van der Waals surface area contributed by atoms with E-state index in [9.17, 15) is 18.3 Å². The molecule has 1 heterocycles. The number of aliphatic hydroxyl groups excluding tert-OH is 1. The summed E-state index contributed by atoms with van der Waals surface area (Å²) in [5.41, 5.74) is 2.31. The maximum Gasteiger partial charge on any atom is 0.123 e. The van der Waals surface area contributed by atoms with Crippen molar-refractivity contribution >= 4 is 0 Å². The number of rotatable bonds is 11. The molecule has 0 bridgehead atoms. The van der Waals surface area contributed by atoms with Crippen LogP contribution in [-0.2, 0) is 4.74 Å². The number of benzene rings is 3. The van der Waals surface area contributed by atoms with Crippen LogP contribution in [0.3, 0.4) is 0 Å². The van der Waals surface area contributed by atoms with E-state index in [1.165, 1.54) is 36.4 Å². The smallest absolute Gasteiger partial charge is 0.123 e. The third kappa shape index (κ3) is 7.40. The van der Waals surface area contributed by atoms with Gasteiger partial charge in [0.1, 0.15) is 23.6 Å². The number of hydrogen-bond acceptors (Lipinski definition) is 4. The third-order valence-corrected chi connectivity index (χ3v) is 6.78. The Bertz CT molecular complexity index is 1010. The van der Waals surface area contributed by atoms with Gasteiger partial charge in [-0.15, -0.1) is 0 Å². The van der Waals surface area contributed by atoms with Gasteiger partial charge in [0.05, 0.1) is 6.10 Å². The van der Waals surface area contributed by atoms with E-state index >= 15 is 0 Å². The van der Waals surface area contributed by atoms with E-state index in [0.29, 0.717) is 18.6 Å². The van der Waals surface area contributed by atoms with Crippen molar-refractivity contribution in [3.63, 3.8) is 0 Å². The first-order valence-corrected chi connectivity index (χ1v) is 12.5. The van der Waals surface area contributed by atoms with Gasteiger partial charge in [0.2, 0.25) is 0 Å². The van der Waals surface area contributed by atoms with Gasteiger partial charge in [-0.1, -0.05) is 36.4 Å². The molecule has 0 saturated carbocycles. The molecule has 36 heavy (non-hydrogen) atoms. The van der Waals surface area contributed by atoms with Crippen LogP contribution in [0.25, 0.3) is 0 Å². The zero-order valence-electron chi connectivity index (χ0n) is 20.3. The van der Waals surface area contributed by atoms with E-state index in [-0.39, 0.29) is 23.5 Å². The highest BCUT2D eigenvalue weighted by atomic mass is 19.1. The maximum absolute atomic E-state index is 13.5. The fraction of sp³-hybridized carbons (Fsp3) is 0.379. The Kier molecular flexibility index (Phi) is 9.53. The fourth-order valence-electron chi connectivity index (χ4n) is 4.74. The number of nitrogens with one attached hydrogen (secondary N) is 1. The Labute approximate surface area is 210 Å². The molecule has 4 nitrogen and oxygen atoms in total. The van der Waals surface area contributed by atoms with Crippen LogP contribution in [-0.4, -0.2) is 48.8 Å². The molecule has 2 atom stereocenters. The summed E-state index contributed by atoms with van der Waals surface area (Å²) in [6, 6.07) is 18.5. The largest absolute Gasteiger partial charge is 0.388 e. The van der Waals surface area contributed by atoms with Gasteiger partial charge in [0.15, 0.2) is 0 Å². The minimum atomic E-state index is -0.664. The minimum Gasteiger partial charge on any atom is -0.388 e. The van der Waals surface area contributed by atoms with Crippen LogP contribution in [0.15, 0.2) is 72.8 Å². The van der Waals surface area contributed by atoms with Crippen LogP contribution >= 0.6 is 0 Å². The Hall–Kier alpha value is -2.71. The molecule has 3 aromatic carbocycles. The molecular formula is C29H33F3N2O2. The predicted octanol–water partition coefficient (Wildman–Crippen LogP) is 5.39. The van der Waals surface area contributed by atoms with Crippen molar-refractivity contribution in [2.45, 2.75) is 37.5 Å². The molecule has 0 spiro atoms. The zero-order valence-corrected chi connectivity index (χ0v) is 20.3. The summed E-state index contributed by atoms with van der Waals surface area (Å²) >= 11 is 0. The monoisotopic (exact) mass is 498 g/mol. The molecule has 0 radical (unpaired) electrons. The molecule has 192 valence electrons. The molecule has 1 aliphatic heterocycles. The normalized spacial score (nSPS) is 16.2. The molecule has 1 aliphatic rings. The van der Waals surface area contributed by atoms with E-state index in [1.807, 2.05) is 0 Å². The quantitative estimate of drug-likeness (QED) is 0.372. The third-order valence-electron chi connectivity index (χ3n) is 6.78. The van der Waals surface area contributed by atoms with E-state index in [0.717, 1.165) is 50.1 Å². The first kappa shape index (κ1) is 26.4. The van der Waals surface area contributed by atoms with Gasteiger partial charge in [-0.05, 0) is 72.4 Å². The Morgan fingerprint density at radius 2 is 1.17 bits per heavy atom. The summed E-state index contributed by atoms with van der Waals surface area (Å²) < 4.78 is 46.6. The first-order valence-electron chi connectivity index (χ1n) is 12.5. The molecule has 3 aromatic rings. The lowest BCUT2D eigenvalue weighted by Crippen LogP contribution is -2.48. The Balaban J connectivity index is 1.42. The van der Waals surface area contributed by atoms with Gasteiger partial charge in [-0.3, -0.25) is 4.90 Å². The molecule has 1 saturated heterocycles. The predicted molar refractivity (Wildman–Crippen MR) is 134 cm³/mol. The number of aliphatic hydroxyl groups is 1. The number of hydrogen-bond donors (Lipinski definition) is 2. The highest BCUT2D eigenvalue weighted by Crippen LogP contribution is 2.28. The summed E-state index contributed by atoms with van der Waals surface area (Å²) in [5, 5.41) is 14.0. The van der Waals surface area contributed by atoms with Crippen LogP contribution in [0, 0.1) is 17.5 Å². The number of piperazine rings is 1. The number of nitrogens with zero attached hydrogens (tertiary/aromatic N) is 1. The molecule has 1 fully saturated rings. The van der Waals surface area contributed by atoms with Crippen LogP contribution in [0.5, 0.6) is 0 Å². The van der Waals surface area contributed by atoms with E-state index in [4.69, 9.17) is 4.74 Å². The SMILES string of the molecule is OC(CCC(CCOC(c1ccc(F)cc1)c1ccc(F)cc1)N1CCNCC1)c1ccc(F)cc1. The summed E-state index contributed by atoms with van der Waals surface area (Å²) in [6.45, 7) is 4.09. The average molecular weight is 499 g/mol. The van der Waals surface area contributed by atoms with Gasteiger partial charge in [0.25, 0.3) is 0 Å². The van der Waals surface area contributed by atoms with Crippen molar-refractivity contribution in [3.05, 3.63) is 107 Å². The van der Waals surface area contributed by atoms with Crippen LogP contribution in [0.4, 0.5) is 13.2 Å². The second-order valence-electron chi connectivity index (χ2n) is 9.23.